The van der Waals surface area contributed by atoms with Crippen LogP contribution in [0.2, 0.25) is 0 Å². The number of allylic oxidation sites excluding steroid dienone is 2. The number of hydrogen-bond donors (Lipinski definition) is 2. The number of rotatable bonds is 8. The van der Waals surface area contributed by atoms with E-state index in [0.717, 1.165) is 0 Å². The molecule has 0 radical (unpaired) electrons. The van der Waals surface area contributed by atoms with E-state index in [1.54, 1.807) is 54.3 Å². The summed E-state index contributed by atoms with van der Waals surface area (Å²) in [6, 6.07) is 14.6. The zero-order chi connectivity index (χ0) is 31.7. The quantitative estimate of drug-likeness (QED) is 0.168. The lowest BCUT2D eigenvalue weighted by molar-refractivity contribution is -0.384. The lowest BCUT2D eigenvalue weighted by Gasteiger charge is -2.42. The number of ether oxygens (including phenoxy) is 4. The average molecular weight is 600 g/mol. The molecule has 0 saturated heterocycles. The van der Waals surface area contributed by atoms with Gasteiger partial charge in [-0.2, -0.15) is 0 Å². The third kappa shape index (κ3) is 5.10. The number of methoxy groups -OCH3 is 4. The number of ketones is 1. The molecule has 228 valence electrons. The number of nitro benzene ring substituents is 1. The van der Waals surface area contributed by atoms with Gasteiger partial charge in [-0.15, -0.1) is 0 Å². The summed E-state index contributed by atoms with van der Waals surface area (Å²) in [6.45, 7) is 1.72. The number of nitro groups is 1. The van der Waals surface area contributed by atoms with Crippen molar-refractivity contribution in [3.05, 3.63) is 98.2 Å². The van der Waals surface area contributed by atoms with Crippen molar-refractivity contribution in [1.29, 1.82) is 5.41 Å². The van der Waals surface area contributed by atoms with Crippen molar-refractivity contribution in [3.8, 4) is 23.0 Å². The number of aryl methyl sites for hydroxylation is 1. The molecule has 1 atom stereocenters. The van der Waals surface area contributed by atoms with Crippen LogP contribution in [0, 0.1) is 22.4 Å². The normalized spacial score (nSPS) is 17.7. The highest BCUT2D eigenvalue weighted by Gasteiger charge is 2.44. The first-order valence-corrected chi connectivity index (χ1v) is 13.9. The zero-order valence-electron chi connectivity index (χ0n) is 25.1. The molecule has 0 amide bonds. The van der Waals surface area contributed by atoms with E-state index >= 15 is 0 Å². The Bertz CT molecular complexity index is 1700. The van der Waals surface area contributed by atoms with Gasteiger partial charge in [-0.3, -0.25) is 25.2 Å². The Balaban J connectivity index is 1.86. The number of benzene rings is 3. The summed E-state index contributed by atoms with van der Waals surface area (Å²) in [5, 5.41) is 33.0. The van der Waals surface area contributed by atoms with Gasteiger partial charge in [0.15, 0.2) is 17.3 Å². The molecule has 0 spiro atoms. The van der Waals surface area contributed by atoms with E-state index in [1.165, 1.54) is 40.6 Å². The summed E-state index contributed by atoms with van der Waals surface area (Å²) in [5.74, 6) is 0.404. The third-order valence-corrected chi connectivity index (χ3v) is 8.03. The van der Waals surface area contributed by atoms with Crippen molar-refractivity contribution in [2.75, 3.05) is 33.3 Å². The van der Waals surface area contributed by atoms with Crippen LogP contribution in [0.5, 0.6) is 23.0 Å². The van der Waals surface area contributed by atoms with Gasteiger partial charge < -0.3 is 24.1 Å². The Morgan fingerprint density at radius 3 is 2.16 bits per heavy atom. The topological polar surface area (TPSA) is 144 Å². The Kier molecular flexibility index (Phi) is 8.30. The van der Waals surface area contributed by atoms with Gasteiger partial charge in [0, 0.05) is 46.9 Å². The van der Waals surface area contributed by atoms with Crippen LogP contribution in [0.25, 0.3) is 5.76 Å². The van der Waals surface area contributed by atoms with Crippen LogP contribution >= 0.6 is 0 Å². The van der Waals surface area contributed by atoms with Gasteiger partial charge in [-0.25, -0.2) is 0 Å². The molecule has 44 heavy (non-hydrogen) atoms. The molecule has 0 aromatic heterocycles. The van der Waals surface area contributed by atoms with Crippen LogP contribution in [0.15, 0.2) is 71.4 Å². The van der Waals surface area contributed by atoms with Crippen LogP contribution in [0.1, 0.15) is 41.9 Å². The largest absolute Gasteiger partial charge is 0.507 e. The van der Waals surface area contributed by atoms with Crippen molar-refractivity contribution >= 4 is 28.8 Å². The summed E-state index contributed by atoms with van der Waals surface area (Å²) >= 11 is 0. The van der Waals surface area contributed by atoms with E-state index in [2.05, 4.69) is 0 Å². The van der Waals surface area contributed by atoms with Gasteiger partial charge >= 0.3 is 0 Å². The van der Waals surface area contributed by atoms with E-state index in [9.17, 15) is 25.4 Å². The van der Waals surface area contributed by atoms with E-state index in [4.69, 9.17) is 18.9 Å². The number of amidine groups is 1. The maximum Gasteiger partial charge on any atom is 0.269 e. The van der Waals surface area contributed by atoms with Gasteiger partial charge in [-0.1, -0.05) is 0 Å². The van der Waals surface area contributed by atoms with Crippen molar-refractivity contribution < 1.29 is 33.8 Å². The Morgan fingerprint density at radius 1 is 0.955 bits per heavy atom. The second-order valence-electron chi connectivity index (χ2n) is 10.4. The maximum atomic E-state index is 13.9. The highest BCUT2D eigenvalue weighted by molar-refractivity contribution is 6.20. The fraction of sp³-hybridized carbons (Fsp3) is 0.273. The highest BCUT2D eigenvalue weighted by atomic mass is 16.6. The zero-order valence-corrected chi connectivity index (χ0v) is 25.1. The molecule has 0 fully saturated rings. The molecular formula is C33H33N3O8. The second kappa shape index (κ2) is 12.1. The molecule has 3 aromatic carbocycles. The van der Waals surface area contributed by atoms with Gasteiger partial charge in [0.2, 0.25) is 5.75 Å². The van der Waals surface area contributed by atoms with E-state index < -0.39 is 10.8 Å². The fourth-order valence-corrected chi connectivity index (χ4v) is 5.97. The summed E-state index contributed by atoms with van der Waals surface area (Å²) in [6.07, 6.45) is 1.34. The van der Waals surface area contributed by atoms with Crippen LogP contribution in [-0.2, 0) is 4.79 Å². The van der Waals surface area contributed by atoms with E-state index in [1.807, 2.05) is 0 Å². The molecule has 0 bridgehead atoms. The number of nitrogens with zero attached hydrogens (tertiary/aromatic N) is 2. The molecule has 5 rings (SSSR count). The Morgan fingerprint density at radius 2 is 1.61 bits per heavy atom. The lowest BCUT2D eigenvalue weighted by atomic mass is 9.73. The number of aliphatic hydroxyl groups is 1. The molecule has 11 nitrogen and oxygen atoms in total. The minimum Gasteiger partial charge on any atom is -0.507 e. The fourth-order valence-electron chi connectivity index (χ4n) is 5.97. The molecule has 2 aliphatic rings. The van der Waals surface area contributed by atoms with E-state index in [0.29, 0.717) is 69.5 Å². The monoisotopic (exact) mass is 599 g/mol. The molecule has 3 aromatic rings. The van der Waals surface area contributed by atoms with Crippen molar-refractivity contribution in [2.24, 2.45) is 0 Å². The standard InChI is InChI=1S/C33H33N3O8/c1-18-15-21(36(39)40)11-14-23(18)35-24-7-6-8-25(37)29(24)28(20-16-26(42-3)32(44-5)27(17-20)43-4)30(33(35)34)31(38)19-9-12-22(41-2)13-10-19/h9-17,28,34,38H,6-8H2,1-5H3/b31-30+,34-33?. The molecule has 1 aliphatic heterocycles. The highest BCUT2D eigenvalue weighted by Crippen LogP contribution is 2.51. The second-order valence-corrected chi connectivity index (χ2v) is 10.4. The molecule has 1 aliphatic carbocycles. The first-order valence-electron chi connectivity index (χ1n) is 13.9. The number of carbonyl (C=O) groups is 1. The number of carbonyl (C=O) groups excluding carboxylic acids is 1. The molecule has 1 unspecified atom stereocenters. The lowest BCUT2D eigenvalue weighted by Crippen LogP contribution is -2.42. The first-order chi connectivity index (χ1) is 21.1. The van der Waals surface area contributed by atoms with Gasteiger partial charge in [0.05, 0.1) is 39.0 Å². The predicted octanol–water partition coefficient (Wildman–Crippen LogP) is 6.50. The predicted molar refractivity (Wildman–Crippen MR) is 165 cm³/mol. The number of hydrogen-bond acceptors (Lipinski definition) is 9. The summed E-state index contributed by atoms with van der Waals surface area (Å²) < 4.78 is 22.1. The molecule has 1 heterocycles. The first kappa shape index (κ1) is 30.1. The molecule has 11 heteroatoms. The number of Topliss-reactive ketones (excluding diaryl/α,β-unsaturated/α-hetero) is 1. The smallest absolute Gasteiger partial charge is 0.269 e. The number of aliphatic hydroxyl groups excluding tert-OH is 1. The molecule has 0 saturated carbocycles. The molecule has 2 N–H and O–H groups in total. The van der Waals surface area contributed by atoms with Crippen LogP contribution < -0.4 is 23.8 Å². The summed E-state index contributed by atoms with van der Waals surface area (Å²) in [4.78, 5) is 26.5. The maximum absolute atomic E-state index is 13.9. The van der Waals surface area contributed by atoms with Crippen LogP contribution in [-0.4, -0.2) is 50.1 Å². The van der Waals surface area contributed by atoms with E-state index in [-0.39, 0.29) is 35.1 Å². The minimum atomic E-state index is -0.865. The summed E-state index contributed by atoms with van der Waals surface area (Å²) in [7, 11) is 6.01. The van der Waals surface area contributed by atoms with Gasteiger partial charge in [0.25, 0.3) is 5.69 Å². The third-order valence-electron chi connectivity index (χ3n) is 8.03. The van der Waals surface area contributed by atoms with Crippen molar-refractivity contribution in [2.45, 2.75) is 32.1 Å². The number of non-ortho nitro benzene ring substituents is 1. The minimum absolute atomic E-state index is 0.0672. The van der Waals surface area contributed by atoms with Gasteiger partial charge in [0.1, 0.15) is 17.3 Å². The Hall–Kier alpha value is -5.32. The van der Waals surface area contributed by atoms with Crippen LogP contribution in [0.4, 0.5) is 11.4 Å². The number of nitrogens with one attached hydrogen (secondary N) is 1. The van der Waals surface area contributed by atoms with Crippen molar-refractivity contribution in [1.82, 2.24) is 0 Å². The number of anilines is 1. The SMILES string of the molecule is COc1ccc(/C(O)=C2\C(=N)N(c3ccc([N+](=O)[O-])cc3C)C3=C(C(=O)CCC3)C2c2cc(OC)c(OC)c(OC)c2)cc1. The summed E-state index contributed by atoms with van der Waals surface area (Å²) in [5.41, 5.74) is 3.14. The van der Waals surface area contributed by atoms with Gasteiger partial charge in [-0.05, 0) is 73.4 Å². The molecular weight excluding hydrogens is 566 g/mol. The van der Waals surface area contributed by atoms with Crippen molar-refractivity contribution in [3.63, 3.8) is 0 Å². The van der Waals surface area contributed by atoms with Crippen LogP contribution in [0.3, 0.4) is 0 Å². The average Bonchev–Trinajstić information content (AvgIpc) is 3.03. The Labute approximate surface area is 254 Å².